The SMILES string of the molecule is C=CCN(Cc1cccs1)C(=O)C(C)Nc1ccc2c(c1)CCC2. The van der Waals surface area contributed by atoms with Crippen molar-refractivity contribution in [2.45, 2.75) is 38.8 Å². The fourth-order valence-electron chi connectivity index (χ4n) is 3.23. The van der Waals surface area contributed by atoms with Crippen molar-refractivity contribution in [1.29, 1.82) is 0 Å². The molecule has 3 rings (SSSR count). The van der Waals surface area contributed by atoms with Crippen LogP contribution in [0.4, 0.5) is 5.69 Å². The Morgan fingerprint density at radius 1 is 1.38 bits per heavy atom. The van der Waals surface area contributed by atoms with Crippen LogP contribution in [0.1, 0.15) is 29.3 Å². The molecule has 3 nitrogen and oxygen atoms in total. The van der Waals surface area contributed by atoms with Gasteiger partial charge in [-0.05, 0) is 60.9 Å². The molecule has 0 fully saturated rings. The molecule has 126 valence electrons. The summed E-state index contributed by atoms with van der Waals surface area (Å²) in [5, 5.41) is 5.41. The number of hydrogen-bond acceptors (Lipinski definition) is 3. The summed E-state index contributed by atoms with van der Waals surface area (Å²) >= 11 is 1.68. The van der Waals surface area contributed by atoms with Gasteiger partial charge >= 0.3 is 0 Å². The predicted octanol–water partition coefficient (Wildman–Crippen LogP) is 4.25. The molecule has 1 aliphatic rings. The zero-order valence-corrected chi connectivity index (χ0v) is 14.9. The molecule has 24 heavy (non-hydrogen) atoms. The van der Waals surface area contributed by atoms with Crippen LogP contribution in [0.2, 0.25) is 0 Å². The Morgan fingerprint density at radius 3 is 2.96 bits per heavy atom. The molecule has 0 saturated heterocycles. The zero-order chi connectivity index (χ0) is 16.9. The molecule has 0 spiro atoms. The second kappa shape index (κ2) is 7.67. The molecule has 1 amide bonds. The fourth-order valence-corrected chi connectivity index (χ4v) is 3.95. The summed E-state index contributed by atoms with van der Waals surface area (Å²) in [4.78, 5) is 15.9. The van der Waals surface area contributed by atoms with Gasteiger partial charge in [0.2, 0.25) is 5.91 Å². The number of nitrogens with one attached hydrogen (secondary N) is 1. The van der Waals surface area contributed by atoms with E-state index in [4.69, 9.17) is 0 Å². The lowest BCUT2D eigenvalue weighted by molar-refractivity contribution is -0.131. The second-order valence-electron chi connectivity index (χ2n) is 6.29. The number of thiophene rings is 1. The smallest absolute Gasteiger partial charge is 0.245 e. The maximum atomic E-state index is 12.8. The van der Waals surface area contributed by atoms with Crippen molar-refractivity contribution in [3.63, 3.8) is 0 Å². The van der Waals surface area contributed by atoms with Gasteiger partial charge in [-0.15, -0.1) is 17.9 Å². The van der Waals surface area contributed by atoms with Gasteiger partial charge in [-0.2, -0.15) is 0 Å². The van der Waals surface area contributed by atoms with Crippen molar-refractivity contribution >= 4 is 22.9 Å². The van der Waals surface area contributed by atoms with Crippen molar-refractivity contribution in [3.8, 4) is 0 Å². The minimum Gasteiger partial charge on any atom is -0.374 e. The minimum atomic E-state index is -0.260. The van der Waals surface area contributed by atoms with Gasteiger partial charge in [-0.3, -0.25) is 4.79 Å². The highest BCUT2D eigenvalue weighted by molar-refractivity contribution is 7.09. The molecule has 1 unspecified atom stereocenters. The van der Waals surface area contributed by atoms with Gasteiger partial charge in [-0.25, -0.2) is 0 Å². The number of anilines is 1. The quantitative estimate of drug-likeness (QED) is 0.764. The maximum absolute atomic E-state index is 12.8. The third-order valence-corrected chi connectivity index (χ3v) is 5.30. The van der Waals surface area contributed by atoms with Gasteiger partial charge in [0.15, 0.2) is 0 Å². The van der Waals surface area contributed by atoms with Crippen LogP contribution < -0.4 is 5.32 Å². The summed E-state index contributed by atoms with van der Waals surface area (Å²) in [6, 6.07) is 10.3. The average Bonchev–Trinajstić information content (AvgIpc) is 3.24. The van der Waals surface area contributed by atoms with Gasteiger partial charge < -0.3 is 10.2 Å². The monoisotopic (exact) mass is 340 g/mol. The largest absolute Gasteiger partial charge is 0.374 e. The third-order valence-electron chi connectivity index (χ3n) is 4.44. The topological polar surface area (TPSA) is 32.3 Å². The van der Waals surface area contributed by atoms with Crippen LogP contribution in [0, 0.1) is 0 Å². The van der Waals surface area contributed by atoms with Crippen LogP contribution in [0.15, 0.2) is 48.4 Å². The molecule has 1 heterocycles. The summed E-state index contributed by atoms with van der Waals surface area (Å²) in [6.45, 7) is 6.91. The molecule has 4 heteroatoms. The number of rotatable bonds is 7. The summed E-state index contributed by atoms with van der Waals surface area (Å²) in [5.74, 6) is 0.101. The van der Waals surface area contributed by atoms with Gasteiger partial charge in [0.25, 0.3) is 0 Å². The summed E-state index contributed by atoms with van der Waals surface area (Å²) < 4.78 is 0. The number of aryl methyl sites for hydroxylation is 2. The van der Waals surface area contributed by atoms with Crippen molar-refractivity contribution in [2.75, 3.05) is 11.9 Å². The van der Waals surface area contributed by atoms with Crippen LogP contribution in [-0.2, 0) is 24.2 Å². The lowest BCUT2D eigenvalue weighted by Gasteiger charge is -2.25. The minimum absolute atomic E-state index is 0.101. The first-order chi connectivity index (χ1) is 11.7. The Hall–Kier alpha value is -2.07. The first-order valence-corrected chi connectivity index (χ1v) is 9.35. The molecule has 1 aliphatic carbocycles. The van der Waals surface area contributed by atoms with E-state index in [1.165, 1.54) is 28.8 Å². The number of benzene rings is 1. The van der Waals surface area contributed by atoms with Crippen molar-refractivity contribution in [2.24, 2.45) is 0 Å². The first-order valence-electron chi connectivity index (χ1n) is 8.48. The van der Waals surface area contributed by atoms with Crippen LogP contribution >= 0.6 is 11.3 Å². The van der Waals surface area contributed by atoms with E-state index in [0.29, 0.717) is 13.1 Å². The van der Waals surface area contributed by atoms with Crippen LogP contribution in [0.25, 0.3) is 0 Å². The molecule has 0 bridgehead atoms. The highest BCUT2D eigenvalue weighted by Gasteiger charge is 2.21. The summed E-state index contributed by atoms with van der Waals surface area (Å²) in [5.41, 5.74) is 3.90. The van der Waals surface area contributed by atoms with Crippen molar-refractivity contribution in [1.82, 2.24) is 4.90 Å². The Kier molecular flexibility index (Phi) is 5.36. The molecular formula is C20H24N2OS. The molecule has 1 atom stereocenters. The van der Waals surface area contributed by atoms with Crippen LogP contribution in [0.5, 0.6) is 0 Å². The van der Waals surface area contributed by atoms with E-state index in [1.807, 2.05) is 23.3 Å². The van der Waals surface area contributed by atoms with Crippen molar-refractivity contribution < 1.29 is 4.79 Å². The molecule has 0 saturated carbocycles. The second-order valence-corrected chi connectivity index (χ2v) is 7.32. The first kappa shape index (κ1) is 16.8. The zero-order valence-electron chi connectivity index (χ0n) is 14.1. The molecule has 1 N–H and O–H groups in total. The van der Waals surface area contributed by atoms with Crippen molar-refractivity contribution in [3.05, 3.63) is 64.4 Å². The molecule has 1 aromatic carbocycles. The van der Waals surface area contributed by atoms with Gasteiger partial charge in [0.1, 0.15) is 6.04 Å². The highest BCUT2D eigenvalue weighted by atomic mass is 32.1. The molecule has 0 aliphatic heterocycles. The van der Waals surface area contributed by atoms with E-state index in [9.17, 15) is 4.79 Å². The Balaban J connectivity index is 1.66. The highest BCUT2D eigenvalue weighted by Crippen LogP contribution is 2.25. The Morgan fingerprint density at radius 2 is 2.21 bits per heavy atom. The number of carbonyl (C=O) groups is 1. The fraction of sp³-hybridized carbons (Fsp3) is 0.350. The summed E-state index contributed by atoms with van der Waals surface area (Å²) in [6.07, 6.45) is 5.35. The normalized spacial score (nSPS) is 14.0. The van der Waals surface area contributed by atoms with E-state index in [-0.39, 0.29) is 11.9 Å². The van der Waals surface area contributed by atoms with Gasteiger partial charge in [0, 0.05) is 17.1 Å². The Labute approximate surface area is 148 Å². The van der Waals surface area contributed by atoms with E-state index in [1.54, 1.807) is 17.4 Å². The standard InChI is InChI=1S/C20H24N2OS/c1-3-11-22(14-19-8-5-12-24-19)20(23)15(2)21-18-10-9-16-6-4-7-17(16)13-18/h3,5,8-10,12-13,15,21H,1,4,6-7,11,14H2,2H3. The molecule has 1 aromatic heterocycles. The maximum Gasteiger partial charge on any atom is 0.245 e. The Bertz CT molecular complexity index is 708. The number of nitrogens with zero attached hydrogens (tertiary/aromatic N) is 1. The number of amides is 1. The molecular weight excluding hydrogens is 316 g/mol. The van der Waals surface area contributed by atoms with E-state index in [2.05, 4.69) is 36.2 Å². The predicted molar refractivity (Wildman–Crippen MR) is 101 cm³/mol. The lowest BCUT2D eigenvalue weighted by Crippen LogP contribution is -2.41. The van der Waals surface area contributed by atoms with E-state index >= 15 is 0 Å². The average molecular weight is 340 g/mol. The van der Waals surface area contributed by atoms with E-state index < -0.39 is 0 Å². The summed E-state index contributed by atoms with van der Waals surface area (Å²) in [7, 11) is 0. The van der Waals surface area contributed by atoms with Crippen LogP contribution in [-0.4, -0.2) is 23.4 Å². The number of carbonyl (C=O) groups excluding carboxylic acids is 1. The molecule has 0 radical (unpaired) electrons. The third kappa shape index (κ3) is 3.88. The van der Waals surface area contributed by atoms with Crippen LogP contribution in [0.3, 0.4) is 0 Å². The van der Waals surface area contributed by atoms with Gasteiger partial charge in [0.05, 0.1) is 6.54 Å². The lowest BCUT2D eigenvalue weighted by atomic mass is 10.1. The molecule has 2 aromatic rings. The number of fused-ring (bicyclic) bond motifs is 1. The van der Waals surface area contributed by atoms with Gasteiger partial charge in [-0.1, -0.05) is 18.2 Å². The number of hydrogen-bond donors (Lipinski definition) is 1. The van der Waals surface area contributed by atoms with E-state index in [0.717, 1.165) is 12.1 Å².